The van der Waals surface area contributed by atoms with Gasteiger partial charge in [-0.1, -0.05) is 23.7 Å². The van der Waals surface area contributed by atoms with Gasteiger partial charge in [0.2, 0.25) is 5.90 Å². The predicted molar refractivity (Wildman–Crippen MR) is 91.7 cm³/mol. The summed E-state index contributed by atoms with van der Waals surface area (Å²) in [5.74, 6) is 0.00890. The molecule has 126 valence electrons. The molecule has 8 heteroatoms. The Bertz CT molecular complexity index is 936. The number of benzene rings is 2. The zero-order valence-electron chi connectivity index (χ0n) is 12.9. The van der Waals surface area contributed by atoms with Gasteiger partial charge in [-0.2, -0.15) is 0 Å². The minimum atomic E-state index is -0.632. The molecule has 0 aliphatic carbocycles. The van der Waals surface area contributed by atoms with E-state index in [4.69, 9.17) is 21.1 Å². The van der Waals surface area contributed by atoms with Crippen LogP contribution in [-0.4, -0.2) is 23.9 Å². The van der Waals surface area contributed by atoms with Crippen LogP contribution in [0.3, 0.4) is 0 Å². The van der Waals surface area contributed by atoms with Crippen LogP contribution >= 0.6 is 11.6 Å². The smallest absolute Gasteiger partial charge is 0.363 e. The SMILES string of the molecule is COc1cccc(C=C2N=C(c3ccc([N+](=O)[O-])cc3Cl)OC2=O)c1. The molecule has 0 unspecified atom stereocenters. The fraction of sp³-hybridized carbons (Fsp3) is 0.0588. The Balaban J connectivity index is 1.95. The third kappa shape index (κ3) is 3.51. The molecule has 0 saturated carbocycles. The average molecular weight is 359 g/mol. The molecule has 25 heavy (non-hydrogen) atoms. The number of nitro groups is 1. The molecule has 0 spiro atoms. The number of ether oxygens (including phenoxy) is 2. The lowest BCUT2D eigenvalue weighted by Gasteiger charge is -2.02. The number of carbonyl (C=O) groups excluding carboxylic acids is 1. The second-order valence-corrected chi connectivity index (χ2v) is 5.44. The normalized spacial score (nSPS) is 15.0. The number of non-ortho nitro benzene ring substituents is 1. The zero-order valence-corrected chi connectivity index (χ0v) is 13.7. The molecule has 0 N–H and O–H groups in total. The molecule has 3 rings (SSSR count). The molecule has 1 aliphatic rings. The van der Waals surface area contributed by atoms with Gasteiger partial charge in [-0.15, -0.1) is 0 Å². The Morgan fingerprint density at radius 2 is 2.08 bits per heavy atom. The molecule has 0 atom stereocenters. The third-order valence-corrected chi connectivity index (χ3v) is 3.72. The van der Waals surface area contributed by atoms with Crippen LogP contribution < -0.4 is 4.74 Å². The minimum absolute atomic E-state index is 0.000885. The van der Waals surface area contributed by atoms with E-state index in [0.717, 1.165) is 0 Å². The summed E-state index contributed by atoms with van der Waals surface area (Å²) >= 11 is 6.04. The number of cyclic esters (lactones) is 1. The maximum absolute atomic E-state index is 12.0. The lowest BCUT2D eigenvalue weighted by Crippen LogP contribution is -2.06. The highest BCUT2D eigenvalue weighted by Crippen LogP contribution is 2.27. The van der Waals surface area contributed by atoms with E-state index in [-0.39, 0.29) is 22.3 Å². The first-order valence-electron chi connectivity index (χ1n) is 7.09. The predicted octanol–water partition coefficient (Wildman–Crippen LogP) is 3.60. The van der Waals surface area contributed by atoms with E-state index in [1.54, 1.807) is 37.5 Å². The number of methoxy groups -OCH3 is 1. The first-order chi connectivity index (χ1) is 12.0. The summed E-state index contributed by atoms with van der Waals surface area (Å²) in [6.07, 6.45) is 1.55. The first kappa shape index (κ1) is 16.7. The number of hydrogen-bond donors (Lipinski definition) is 0. The second-order valence-electron chi connectivity index (χ2n) is 5.03. The average Bonchev–Trinajstić information content (AvgIpc) is 2.95. The van der Waals surface area contributed by atoms with Gasteiger partial charge < -0.3 is 9.47 Å². The van der Waals surface area contributed by atoms with Crippen molar-refractivity contribution in [2.24, 2.45) is 4.99 Å². The Labute approximate surface area is 147 Å². The summed E-state index contributed by atoms with van der Waals surface area (Å²) in [5, 5.41) is 10.8. The number of esters is 1. The molecule has 0 amide bonds. The van der Waals surface area contributed by atoms with Gasteiger partial charge in [-0.25, -0.2) is 9.79 Å². The number of hydrogen-bond acceptors (Lipinski definition) is 6. The molecule has 7 nitrogen and oxygen atoms in total. The van der Waals surface area contributed by atoms with Crippen LogP contribution in [0.5, 0.6) is 5.75 Å². The summed E-state index contributed by atoms with van der Waals surface area (Å²) in [4.78, 5) is 26.3. The van der Waals surface area contributed by atoms with E-state index in [0.29, 0.717) is 16.9 Å². The van der Waals surface area contributed by atoms with E-state index in [2.05, 4.69) is 4.99 Å². The van der Waals surface area contributed by atoms with Crippen LogP contribution in [0.15, 0.2) is 53.2 Å². The van der Waals surface area contributed by atoms with E-state index < -0.39 is 10.9 Å². The van der Waals surface area contributed by atoms with Crippen LogP contribution in [0.4, 0.5) is 5.69 Å². The molecule has 2 aromatic rings. The summed E-state index contributed by atoms with van der Waals surface area (Å²) in [7, 11) is 1.54. The van der Waals surface area contributed by atoms with Crippen molar-refractivity contribution in [2.75, 3.05) is 7.11 Å². The van der Waals surface area contributed by atoms with E-state index in [1.807, 2.05) is 0 Å². The van der Waals surface area contributed by atoms with Crippen molar-refractivity contribution in [3.8, 4) is 5.75 Å². The monoisotopic (exact) mass is 358 g/mol. The highest BCUT2D eigenvalue weighted by molar-refractivity contribution is 6.34. The molecule has 0 radical (unpaired) electrons. The van der Waals surface area contributed by atoms with Crippen LogP contribution in [0.2, 0.25) is 5.02 Å². The molecule has 1 heterocycles. The fourth-order valence-corrected chi connectivity index (χ4v) is 2.46. The standard InChI is InChI=1S/C17H11ClN2O5/c1-24-12-4-2-3-10(7-12)8-15-17(21)25-16(19-15)13-6-5-11(20(22)23)9-14(13)18/h2-9H,1H3. The molecule has 0 fully saturated rings. The second kappa shape index (κ2) is 6.74. The third-order valence-electron chi connectivity index (χ3n) is 3.41. The first-order valence-corrected chi connectivity index (χ1v) is 7.46. The molecule has 0 bridgehead atoms. The topological polar surface area (TPSA) is 91.0 Å². The Kier molecular flexibility index (Phi) is 4.49. The highest BCUT2D eigenvalue weighted by atomic mass is 35.5. The molecule has 0 aromatic heterocycles. The quantitative estimate of drug-likeness (QED) is 0.360. The van der Waals surface area contributed by atoms with Gasteiger partial charge in [0.1, 0.15) is 5.75 Å². The van der Waals surface area contributed by atoms with Crippen molar-refractivity contribution in [3.63, 3.8) is 0 Å². The van der Waals surface area contributed by atoms with Crippen molar-refractivity contribution >= 4 is 35.2 Å². The van der Waals surface area contributed by atoms with Crippen molar-refractivity contribution in [1.29, 1.82) is 0 Å². The lowest BCUT2D eigenvalue weighted by molar-refractivity contribution is -0.384. The fourth-order valence-electron chi connectivity index (χ4n) is 2.20. The van der Waals surface area contributed by atoms with Crippen LogP contribution in [0.1, 0.15) is 11.1 Å². The summed E-state index contributed by atoms with van der Waals surface area (Å²) in [6.45, 7) is 0. The van der Waals surface area contributed by atoms with E-state index >= 15 is 0 Å². The maximum atomic E-state index is 12.0. The van der Waals surface area contributed by atoms with Gasteiger partial charge in [-0.05, 0) is 29.8 Å². The van der Waals surface area contributed by atoms with Gasteiger partial charge >= 0.3 is 5.97 Å². The Hall–Kier alpha value is -3.19. The summed E-state index contributed by atoms with van der Waals surface area (Å²) < 4.78 is 10.3. The van der Waals surface area contributed by atoms with Crippen molar-refractivity contribution in [2.45, 2.75) is 0 Å². The van der Waals surface area contributed by atoms with Gasteiger partial charge in [0.05, 0.1) is 22.6 Å². The maximum Gasteiger partial charge on any atom is 0.363 e. The van der Waals surface area contributed by atoms with E-state index in [1.165, 1.54) is 18.2 Å². The molecule has 1 aliphatic heterocycles. The zero-order chi connectivity index (χ0) is 18.0. The van der Waals surface area contributed by atoms with Crippen LogP contribution in [0.25, 0.3) is 6.08 Å². The van der Waals surface area contributed by atoms with Crippen LogP contribution in [0, 0.1) is 10.1 Å². The minimum Gasteiger partial charge on any atom is -0.497 e. The summed E-state index contributed by atoms with van der Waals surface area (Å²) in [6, 6.07) is 10.9. The van der Waals surface area contributed by atoms with Crippen LogP contribution in [-0.2, 0) is 9.53 Å². The van der Waals surface area contributed by atoms with E-state index in [9.17, 15) is 14.9 Å². The number of nitrogens with zero attached hydrogens (tertiary/aromatic N) is 2. The number of aliphatic imine (C=N–C) groups is 1. The van der Waals surface area contributed by atoms with Crippen molar-refractivity contribution < 1.29 is 19.2 Å². The van der Waals surface area contributed by atoms with Crippen molar-refractivity contribution in [3.05, 3.63) is 74.4 Å². The molecular formula is C17H11ClN2O5. The number of nitro benzene ring substituents is 1. The highest BCUT2D eigenvalue weighted by Gasteiger charge is 2.26. The van der Waals surface area contributed by atoms with Gasteiger partial charge in [0.25, 0.3) is 5.69 Å². The molecule has 2 aromatic carbocycles. The number of halogens is 1. The molecular weight excluding hydrogens is 348 g/mol. The number of carbonyl (C=O) groups is 1. The largest absolute Gasteiger partial charge is 0.497 e. The Morgan fingerprint density at radius 1 is 1.28 bits per heavy atom. The lowest BCUT2D eigenvalue weighted by atomic mass is 10.2. The van der Waals surface area contributed by atoms with Gasteiger partial charge in [0, 0.05) is 12.1 Å². The van der Waals surface area contributed by atoms with Gasteiger partial charge in [0.15, 0.2) is 5.70 Å². The Morgan fingerprint density at radius 3 is 2.76 bits per heavy atom. The molecule has 0 saturated heterocycles. The summed E-state index contributed by atoms with van der Waals surface area (Å²) in [5.41, 5.74) is 0.948. The number of rotatable bonds is 4. The van der Waals surface area contributed by atoms with Crippen molar-refractivity contribution in [1.82, 2.24) is 0 Å². The van der Waals surface area contributed by atoms with Gasteiger partial charge in [-0.3, -0.25) is 10.1 Å².